The van der Waals surface area contributed by atoms with Crippen LogP contribution in [0.4, 0.5) is 5.82 Å². The minimum atomic E-state index is -4.63. The molecule has 0 saturated carbocycles. The summed E-state index contributed by atoms with van der Waals surface area (Å²) in [7, 11) is -4.63. The molecular formula is C41H61N6O8P. The lowest BCUT2D eigenvalue weighted by molar-refractivity contribution is -0.0674. The maximum Gasteiger partial charge on any atom is 0.472 e. The topological polar surface area (TPSA) is 207 Å². The molecule has 0 radical (unpaired) electrons. The van der Waals surface area contributed by atoms with Gasteiger partial charge in [0.05, 0.1) is 49.9 Å². The third kappa shape index (κ3) is 14.5. The molecule has 15 heteroatoms. The number of fused-ring (bicyclic) bond motifs is 1. The summed E-state index contributed by atoms with van der Waals surface area (Å²) < 4.78 is 42.8. The van der Waals surface area contributed by atoms with Crippen molar-refractivity contribution in [2.45, 2.75) is 147 Å². The van der Waals surface area contributed by atoms with Gasteiger partial charge in [0, 0.05) is 13.0 Å². The molecule has 1 aliphatic heterocycles. The molecule has 1 saturated heterocycles. The molecule has 0 aliphatic carbocycles. The Morgan fingerprint density at radius 2 is 1.62 bits per heavy atom. The number of rotatable bonds is 29. The predicted molar refractivity (Wildman–Crippen MR) is 212 cm³/mol. The number of nitrogen functional groups attached to an aromatic ring is 1. The summed E-state index contributed by atoms with van der Waals surface area (Å²) in [5, 5.41) is 34.5. The summed E-state index contributed by atoms with van der Waals surface area (Å²) >= 11 is 0. The molecule has 5 atom stereocenters. The highest BCUT2D eigenvalue weighted by molar-refractivity contribution is 7.47. The van der Waals surface area contributed by atoms with Crippen LogP contribution in [0.3, 0.4) is 0 Å². The fourth-order valence-corrected chi connectivity index (χ4v) is 7.76. The molecule has 0 spiro atoms. The van der Waals surface area contributed by atoms with Gasteiger partial charge in [-0.1, -0.05) is 115 Å². The van der Waals surface area contributed by atoms with Crippen molar-refractivity contribution in [3.8, 4) is 12.1 Å². The molecule has 1 aliphatic rings. The largest absolute Gasteiger partial charge is 0.472 e. The van der Waals surface area contributed by atoms with Crippen molar-refractivity contribution in [1.29, 1.82) is 10.5 Å². The predicted octanol–water partition coefficient (Wildman–Crippen LogP) is 8.05. The van der Waals surface area contributed by atoms with E-state index < -0.39 is 38.3 Å². The molecule has 2 aromatic heterocycles. The molecule has 0 amide bonds. The number of anilines is 1. The Balaban J connectivity index is 1.16. The second-order valence-corrected chi connectivity index (χ2v) is 16.1. The summed E-state index contributed by atoms with van der Waals surface area (Å²) in [6, 6.07) is 14.3. The van der Waals surface area contributed by atoms with Gasteiger partial charge in [-0.05, 0) is 36.2 Å². The lowest BCUT2D eigenvalue weighted by atomic mass is 9.94. The van der Waals surface area contributed by atoms with Gasteiger partial charge in [-0.25, -0.2) is 14.1 Å². The van der Waals surface area contributed by atoms with E-state index in [0.717, 1.165) is 24.8 Å². The highest BCUT2D eigenvalue weighted by Crippen LogP contribution is 2.46. The van der Waals surface area contributed by atoms with E-state index in [-0.39, 0.29) is 37.8 Å². The van der Waals surface area contributed by atoms with E-state index in [1.165, 1.54) is 94.3 Å². The number of ether oxygens (including phenoxy) is 3. The highest BCUT2D eigenvalue weighted by atomic mass is 31.2. The van der Waals surface area contributed by atoms with Crippen LogP contribution in [0.1, 0.15) is 133 Å². The van der Waals surface area contributed by atoms with Crippen molar-refractivity contribution in [2.75, 3.05) is 32.2 Å². The van der Waals surface area contributed by atoms with Gasteiger partial charge >= 0.3 is 7.82 Å². The van der Waals surface area contributed by atoms with E-state index in [1.807, 2.05) is 12.1 Å². The van der Waals surface area contributed by atoms with Gasteiger partial charge in [0.2, 0.25) is 5.60 Å². The minimum absolute atomic E-state index is 0.0535. The standard InChI is InChI=1S/C41H61N6O8P/c1-2-3-4-5-6-7-8-9-10-11-12-13-14-15-16-17-23-51-28-36(52-27-34-20-18-19-33(24-34)26-42)30-54-56(49,50)53-29-35-25-39(48)41(31-43,55-35)38-22-21-37-40(44)45-32-46-47(37)38/h18-22,24,32,35-36,39,48H,2-17,23,25,27-30H2,1H3,(H,49,50)(H2,44,45,46)/t35-,36+,39+,41-/m0/s1. The Morgan fingerprint density at radius 3 is 2.27 bits per heavy atom. The zero-order valence-electron chi connectivity index (χ0n) is 32.9. The summed E-state index contributed by atoms with van der Waals surface area (Å²) in [6.07, 6.45) is 18.8. The van der Waals surface area contributed by atoms with Crippen molar-refractivity contribution >= 4 is 19.2 Å². The van der Waals surface area contributed by atoms with Gasteiger partial charge in [0.15, 0.2) is 5.82 Å². The Kier molecular flexibility index (Phi) is 19.7. The number of aliphatic hydroxyl groups excluding tert-OH is 1. The molecule has 1 unspecified atom stereocenters. The van der Waals surface area contributed by atoms with Crippen LogP contribution in [0.5, 0.6) is 0 Å². The lowest BCUT2D eigenvalue weighted by Crippen LogP contribution is -2.36. The maximum atomic E-state index is 13.0. The number of unbranched alkanes of at least 4 members (excludes halogenated alkanes) is 15. The van der Waals surface area contributed by atoms with Crippen LogP contribution >= 0.6 is 7.82 Å². The van der Waals surface area contributed by atoms with Gasteiger partial charge in [-0.3, -0.25) is 9.05 Å². The van der Waals surface area contributed by atoms with Crippen LogP contribution in [0.25, 0.3) is 5.52 Å². The number of aromatic nitrogens is 3. The van der Waals surface area contributed by atoms with Gasteiger partial charge < -0.3 is 29.9 Å². The average Bonchev–Trinajstić information content (AvgIpc) is 3.79. The third-order valence-corrected chi connectivity index (χ3v) is 11.1. The van der Waals surface area contributed by atoms with Crippen LogP contribution in [0, 0.1) is 22.7 Å². The quantitative estimate of drug-likeness (QED) is 0.0449. The van der Waals surface area contributed by atoms with Crippen molar-refractivity contribution in [3.63, 3.8) is 0 Å². The Labute approximate surface area is 331 Å². The van der Waals surface area contributed by atoms with Crippen molar-refractivity contribution in [2.24, 2.45) is 0 Å². The van der Waals surface area contributed by atoms with Gasteiger partial charge in [0.25, 0.3) is 0 Å². The molecule has 308 valence electrons. The van der Waals surface area contributed by atoms with E-state index in [1.54, 1.807) is 30.3 Å². The zero-order chi connectivity index (χ0) is 40.1. The van der Waals surface area contributed by atoms with Crippen LogP contribution in [0.2, 0.25) is 0 Å². The molecular weight excluding hydrogens is 735 g/mol. The average molecular weight is 797 g/mol. The number of nitriles is 2. The SMILES string of the molecule is CCCCCCCCCCCCCCCCCCOC[C@H](COP(=O)(O)OC[C@@H]1C[C@@H](O)[C@](C#N)(c2ccc3c(N)ncnn23)O1)OCc1cccc(C#N)c1. The number of benzene rings is 1. The summed E-state index contributed by atoms with van der Waals surface area (Å²) in [6.45, 7) is 2.30. The third-order valence-electron chi connectivity index (χ3n) is 10.2. The molecule has 1 fully saturated rings. The highest BCUT2D eigenvalue weighted by Gasteiger charge is 2.52. The molecule has 14 nitrogen and oxygen atoms in total. The number of hydrogen-bond acceptors (Lipinski definition) is 12. The molecule has 3 aromatic rings. The lowest BCUT2D eigenvalue weighted by Gasteiger charge is -2.24. The van der Waals surface area contributed by atoms with Crippen molar-refractivity contribution in [3.05, 3.63) is 59.5 Å². The fourth-order valence-electron chi connectivity index (χ4n) is 6.98. The first kappa shape index (κ1) is 45.3. The van der Waals surface area contributed by atoms with E-state index in [9.17, 15) is 25.1 Å². The number of nitrogens with zero attached hydrogens (tertiary/aromatic N) is 5. The van der Waals surface area contributed by atoms with E-state index >= 15 is 0 Å². The smallest absolute Gasteiger partial charge is 0.388 e. The molecule has 1 aromatic carbocycles. The number of aliphatic hydroxyl groups is 1. The molecule has 0 bridgehead atoms. The van der Waals surface area contributed by atoms with Crippen LogP contribution in [-0.2, 0) is 40.0 Å². The summed E-state index contributed by atoms with van der Waals surface area (Å²) in [5.74, 6) is 0.189. The first-order chi connectivity index (χ1) is 27.2. The van der Waals surface area contributed by atoms with Gasteiger partial charge in [-0.15, -0.1) is 0 Å². The Hall–Kier alpha value is -3.43. The Bertz CT molecular complexity index is 1730. The van der Waals surface area contributed by atoms with E-state index in [0.29, 0.717) is 17.7 Å². The number of nitrogens with two attached hydrogens (primary N) is 1. The maximum absolute atomic E-state index is 13.0. The second kappa shape index (κ2) is 24.4. The molecule has 3 heterocycles. The van der Waals surface area contributed by atoms with Crippen LogP contribution in [-0.4, -0.2) is 69.3 Å². The van der Waals surface area contributed by atoms with Gasteiger partial charge in [0.1, 0.15) is 30.1 Å². The second-order valence-electron chi connectivity index (χ2n) is 14.7. The number of hydrogen-bond donors (Lipinski definition) is 3. The van der Waals surface area contributed by atoms with Crippen LogP contribution in [0.15, 0.2) is 42.7 Å². The molecule has 4 N–H and O–H groups in total. The first-order valence-electron chi connectivity index (χ1n) is 20.4. The molecule has 4 rings (SSSR count). The Morgan fingerprint density at radius 1 is 0.964 bits per heavy atom. The minimum Gasteiger partial charge on any atom is -0.388 e. The van der Waals surface area contributed by atoms with E-state index in [2.05, 4.69) is 23.1 Å². The number of phosphoric acid groups is 1. The van der Waals surface area contributed by atoms with Crippen molar-refractivity contribution < 1.29 is 37.8 Å². The van der Waals surface area contributed by atoms with Crippen LogP contribution < -0.4 is 5.73 Å². The van der Waals surface area contributed by atoms with Crippen molar-refractivity contribution in [1.82, 2.24) is 14.6 Å². The summed E-state index contributed by atoms with van der Waals surface area (Å²) in [4.78, 5) is 14.5. The summed E-state index contributed by atoms with van der Waals surface area (Å²) in [5.41, 5.74) is 6.03. The fraction of sp³-hybridized carbons (Fsp3) is 0.659. The van der Waals surface area contributed by atoms with E-state index in [4.69, 9.17) is 29.0 Å². The van der Waals surface area contributed by atoms with Gasteiger partial charge in [-0.2, -0.15) is 15.6 Å². The zero-order valence-corrected chi connectivity index (χ0v) is 33.8. The monoisotopic (exact) mass is 796 g/mol. The molecule has 56 heavy (non-hydrogen) atoms. The first-order valence-corrected chi connectivity index (χ1v) is 21.9. The normalized spacial score (nSPS) is 19.8. The number of phosphoric ester groups is 1.